The van der Waals surface area contributed by atoms with E-state index >= 15 is 0 Å². The van der Waals surface area contributed by atoms with Crippen molar-refractivity contribution in [2.45, 2.75) is 13.1 Å². The number of nitrogens with zero attached hydrogens (tertiary/aromatic N) is 3. The zero-order chi connectivity index (χ0) is 14.2. The molecule has 0 aliphatic carbocycles. The predicted octanol–water partition coefficient (Wildman–Crippen LogP) is 4.25. The Morgan fingerprint density at radius 1 is 1.37 bits per heavy atom. The minimum atomic E-state index is -4.56. The van der Waals surface area contributed by atoms with E-state index in [1.165, 1.54) is 17.1 Å². The number of nitroso groups, excluding NO2 is 1. The Labute approximate surface area is 110 Å². The Morgan fingerprint density at radius 3 is 2.53 bits per heavy atom. The topological polar surface area (TPSA) is 47.2 Å². The van der Waals surface area contributed by atoms with Crippen LogP contribution in [0.15, 0.2) is 29.8 Å². The minimum Gasteiger partial charge on any atom is -0.304 e. The van der Waals surface area contributed by atoms with Crippen molar-refractivity contribution in [3.8, 4) is 5.69 Å². The van der Waals surface area contributed by atoms with E-state index in [0.29, 0.717) is 11.8 Å². The van der Waals surface area contributed by atoms with Gasteiger partial charge >= 0.3 is 6.18 Å². The van der Waals surface area contributed by atoms with Gasteiger partial charge in [0.2, 0.25) is 0 Å². The maximum Gasteiger partial charge on any atom is 0.416 e. The lowest BCUT2D eigenvalue weighted by atomic mass is 10.1. The molecule has 0 aliphatic rings. The largest absolute Gasteiger partial charge is 0.416 e. The molecular weight excluding hydrogens is 283 g/mol. The van der Waals surface area contributed by atoms with Crippen LogP contribution in [0.4, 0.5) is 18.9 Å². The van der Waals surface area contributed by atoms with E-state index < -0.39 is 11.7 Å². The Balaban J connectivity index is 2.70. The summed E-state index contributed by atoms with van der Waals surface area (Å²) in [5.74, 6) is 0. The smallest absolute Gasteiger partial charge is 0.304 e. The van der Waals surface area contributed by atoms with Crippen molar-refractivity contribution in [2.24, 2.45) is 5.18 Å². The van der Waals surface area contributed by atoms with Gasteiger partial charge in [0.05, 0.1) is 28.3 Å². The number of hydrogen-bond donors (Lipinski definition) is 0. The van der Waals surface area contributed by atoms with Crippen LogP contribution in [0.1, 0.15) is 11.3 Å². The minimum absolute atomic E-state index is 0.0598. The molecule has 1 heterocycles. The van der Waals surface area contributed by atoms with Crippen molar-refractivity contribution in [3.63, 3.8) is 0 Å². The van der Waals surface area contributed by atoms with Crippen molar-refractivity contribution >= 4 is 17.3 Å². The zero-order valence-corrected chi connectivity index (χ0v) is 10.3. The van der Waals surface area contributed by atoms with E-state index in [9.17, 15) is 18.1 Å². The molecule has 0 bridgehead atoms. The highest BCUT2D eigenvalue weighted by Gasteiger charge is 2.32. The summed E-state index contributed by atoms with van der Waals surface area (Å²) in [6, 6.07) is 1.48. The first-order valence-electron chi connectivity index (χ1n) is 5.08. The quantitative estimate of drug-likeness (QED) is 0.776. The molecule has 0 radical (unpaired) electrons. The predicted molar refractivity (Wildman–Crippen MR) is 63.8 cm³/mol. The Hall–Kier alpha value is -1.89. The highest BCUT2D eigenvalue weighted by atomic mass is 35.5. The molecule has 100 valence electrons. The number of aromatic nitrogens is 2. The molecule has 0 unspecified atom stereocenters. The standard InChI is InChI=1S/C11H7ClF3N3O/c1-6-4-18(5-16-6)9-3-7(11(13,14)15)2-8(12)10(9)17-19/h2-5H,1H3. The van der Waals surface area contributed by atoms with Crippen LogP contribution in [0, 0.1) is 11.8 Å². The summed E-state index contributed by atoms with van der Waals surface area (Å²) in [6.07, 6.45) is -1.80. The molecule has 2 aromatic rings. The van der Waals surface area contributed by atoms with Gasteiger partial charge < -0.3 is 4.57 Å². The fourth-order valence-electron chi connectivity index (χ4n) is 1.59. The van der Waals surface area contributed by atoms with Gasteiger partial charge in [0.1, 0.15) is 0 Å². The maximum absolute atomic E-state index is 12.7. The number of aryl methyl sites for hydroxylation is 1. The molecule has 0 N–H and O–H groups in total. The first-order chi connectivity index (χ1) is 8.82. The number of alkyl halides is 3. The average Bonchev–Trinajstić information content (AvgIpc) is 2.73. The second-order valence-electron chi connectivity index (χ2n) is 3.84. The van der Waals surface area contributed by atoms with Gasteiger partial charge in [-0.15, -0.1) is 4.91 Å². The molecule has 0 saturated carbocycles. The number of rotatable bonds is 2. The van der Waals surface area contributed by atoms with Gasteiger partial charge in [0.25, 0.3) is 0 Å². The molecule has 0 amide bonds. The molecule has 19 heavy (non-hydrogen) atoms. The summed E-state index contributed by atoms with van der Waals surface area (Å²) >= 11 is 5.67. The summed E-state index contributed by atoms with van der Waals surface area (Å²) in [4.78, 5) is 14.6. The highest BCUT2D eigenvalue weighted by Crippen LogP contribution is 2.39. The summed E-state index contributed by atoms with van der Waals surface area (Å²) < 4.78 is 39.4. The summed E-state index contributed by atoms with van der Waals surface area (Å²) in [5.41, 5.74) is -0.681. The maximum atomic E-state index is 12.7. The SMILES string of the molecule is Cc1cn(-c2cc(C(F)(F)F)cc(Cl)c2N=O)cn1. The molecular formula is C11H7ClF3N3O. The van der Waals surface area contributed by atoms with Gasteiger partial charge in [-0.25, -0.2) is 4.98 Å². The van der Waals surface area contributed by atoms with Crippen LogP contribution in [0.3, 0.4) is 0 Å². The molecule has 1 aromatic heterocycles. The van der Waals surface area contributed by atoms with Crippen LogP contribution in [0.25, 0.3) is 5.69 Å². The first-order valence-corrected chi connectivity index (χ1v) is 5.46. The van der Waals surface area contributed by atoms with Gasteiger partial charge in [-0.1, -0.05) is 11.6 Å². The second kappa shape index (κ2) is 4.65. The lowest BCUT2D eigenvalue weighted by Crippen LogP contribution is -2.06. The van der Waals surface area contributed by atoms with Crippen LogP contribution in [-0.2, 0) is 6.18 Å². The second-order valence-corrected chi connectivity index (χ2v) is 4.24. The van der Waals surface area contributed by atoms with E-state index in [4.69, 9.17) is 11.6 Å². The van der Waals surface area contributed by atoms with Crippen LogP contribution in [-0.4, -0.2) is 9.55 Å². The Morgan fingerprint density at radius 2 is 2.05 bits per heavy atom. The lowest BCUT2D eigenvalue weighted by Gasteiger charge is -2.12. The number of hydrogen-bond acceptors (Lipinski definition) is 3. The van der Waals surface area contributed by atoms with Crippen LogP contribution >= 0.6 is 11.6 Å². The molecule has 8 heteroatoms. The third kappa shape index (κ3) is 2.60. The highest BCUT2D eigenvalue weighted by molar-refractivity contribution is 6.33. The number of benzene rings is 1. The van der Waals surface area contributed by atoms with Gasteiger partial charge in [-0.2, -0.15) is 13.2 Å². The third-order valence-electron chi connectivity index (χ3n) is 2.45. The van der Waals surface area contributed by atoms with Crippen LogP contribution in [0.5, 0.6) is 0 Å². The average molecular weight is 290 g/mol. The summed E-state index contributed by atoms with van der Waals surface area (Å²) in [7, 11) is 0. The molecule has 0 atom stereocenters. The Bertz CT molecular complexity index is 637. The third-order valence-corrected chi connectivity index (χ3v) is 2.74. The van der Waals surface area contributed by atoms with Crippen LogP contribution in [0.2, 0.25) is 5.02 Å². The number of imidazole rings is 1. The van der Waals surface area contributed by atoms with Gasteiger partial charge in [0, 0.05) is 6.20 Å². The fourth-order valence-corrected chi connectivity index (χ4v) is 1.84. The molecule has 0 fully saturated rings. The van der Waals surface area contributed by atoms with Gasteiger partial charge in [0.15, 0.2) is 5.69 Å². The van der Waals surface area contributed by atoms with Gasteiger partial charge in [-0.3, -0.25) is 0 Å². The summed E-state index contributed by atoms with van der Waals surface area (Å²) in [6.45, 7) is 1.67. The molecule has 0 saturated heterocycles. The van der Waals surface area contributed by atoms with Crippen molar-refractivity contribution in [1.82, 2.24) is 9.55 Å². The van der Waals surface area contributed by atoms with E-state index in [1.807, 2.05) is 0 Å². The zero-order valence-electron chi connectivity index (χ0n) is 9.57. The van der Waals surface area contributed by atoms with Crippen LogP contribution < -0.4 is 0 Å². The van der Waals surface area contributed by atoms with E-state index in [2.05, 4.69) is 10.2 Å². The van der Waals surface area contributed by atoms with Crippen molar-refractivity contribution < 1.29 is 13.2 Å². The van der Waals surface area contributed by atoms with E-state index in [1.54, 1.807) is 6.92 Å². The van der Waals surface area contributed by atoms with Crippen molar-refractivity contribution in [3.05, 3.63) is 45.8 Å². The normalized spacial score (nSPS) is 11.6. The van der Waals surface area contributed by atoms with Gasteiger partial charge in [-0.05, 0) is 24.2 Å². The summed E-state index contributed by atoms with van der Waals surface area (Å²) in [5, 5.41) is 2.33. The Kier molecular flexibility index (Phi) is 3.32. The van der Waals surface area contributed by atoms with E-state index in [0.717, 1.165) is 6.07 Å². The molecule has 1 aromatic carbocycles. The molecule has 0 aliphatic heterocycles. The monoisotopic (exact) mass is 289 g/mol. The first kappa shape index (κ1) is 13.5. The van der Waals surface area contributed by atoms with Crippen molar-refractivity contribution in [1.29, 1.82) is 0 Å². The molecule has 0 spiro atoms. The lowest BCUT2D eigenvalue weighted by molar-refractivity contribution is -0.137. The van der Waals surface area contributed by atoms with Crippen molar-refractivity contribution in [2.75, 3.05) is 0 Å². The number of halogens is 4. The van der Waals surface area contributed by atoms with E-state index in [-0.39, 0.29) is 16.4 Å². The molecule has 2 rings (SSSR count). The molecule has 4 nitrogen and oxygen atoms in total. The fraction of sp³-hybridized carbons (Fsp3) is 0.182.